The summed E-state index contributed by atoms with van der Waals surface area (Å²) >= 11 is 1.82. The minimum atomic E-state index is 0.692. The zero-order valence-corrected chi connectivity index (χ0v) is 12.3. The number of methoxy groups -OCH3 is 1. The molecule has 0 saturated heterocycles. The van der Waals surface area contributed by atoms with Crippen LogP contribution in [0.4, 0.5) is 5.13 Å². The summed E-state index contributed by atoms with van der Waals surface area (Å²) in [5, 5.41) is 4.54. The summed E-state index contributed by atoms with van der Waals surface area (Å²) in [5.74, 6) is 0. The van der Waals surface area contributed by atoms with E-state index in [4.69, 9.17) is 9.72 Å². The van der Waals surface area contributed by atoms with Crippen LogP contribution in [0.15, 0.2) is 0 Å². The maximum absolute atomic E-state index is 5.20. The van der Waals surface area contributed by atoms with Crippen molar-refractivity contribution in [2.45, 2.75) is 39.3 Å². The smallest absolute Gasteiger partial charge is 0.186 e. The molecule has 0 bridgehead atoms. The van der Waals surface area contributed by atoms with Crippen LogP contribution in [0.25, 0.3) is 0 Å². The number of thiazole rings is 1. The van der Waals surface area contributed by atoms with E-state index >= 15 is 0 Å². The van der Waals surface area contributed by atoms with Gasteiger partial charge in [0.2, 0.25) is 0 Å². The fourth-order valence-electron chi connectivity index (χ4n) is 1.95. The Labute approximate surface area is 113 Å². The topological polar surface area (TPSA) is 37.4 Å². The van der Waals surface area contributed by atoms with E-state index in [1.54, 1.807) is 7.11 Å². The number of nitrogens with zero attached hydrogens (tertiary/aromatic N) is 2. The quantitative estimate of drug-likeness (QED) is 0.785. The highest BCUT2D eigenvalue weighted by Crippen LogP contribution is 2.35. The Bertz CT molecular complexity index is 376. The van der Waals surface area contributed by atoms with Gasteiger partial charge in [0.1, 0.15) is 0 Å². The van der Waals surface area contributed by atoms with Gasteiger partial charge in [0.25, 0.3) is 0 Å². The number of ether oxygens (including phenoxy) is 1. The summed E-state index contributed by atoms with van der Waals surface area (Å²) in [4.78, 5) is 8.50. The molecule has 1 aromatic rings. The third-order valence-corrected chi connectivity index (χ3v) is 4.38. The number of rotatable bonds is 8. The number of anilines is 1. The first-order valence-electron chi connectivity index (χ1n) is 6.68. The van der Waals surface area contributed by atoms with Crippen molar-refractivity contribution in [1.29, 1.82) is 0 Å². The Morgan fingerprint density at radius 2 is 2.28 bits per heavy atom. The van der Waals surface area contributed by atoms with Gasteiger partial charge in [-0.25, -0.2) is 4.98 Å². The lowest BCUT2D eigenvalue weighted by Gasteiger charge is -2.20. The Balaban J connectivity index is 2.04. The van der Waals surface area contributed by atoms with Gasteiger partial charge in [0.05, 0.1) is 12.3 Å². The first kappa shape index (κ1) is 13.8. The van der Waals surface area contributed by atoms with Crippen LogP contribution in [0, 0.1) is 6.92 Å². The predicted molar refractivity (Wildman–Crippen MR) is 76.5 cm³/mol. The van der Waals surface area contributed by atoms with Gasteiger partial charge in [-0.1, -0.05) is 6.92 Å². The summed E-state index contributed by atoms with van der Waals surface area (Å²) in [6.45, 7) is 7.90. The molecule has 0 spiro atoms. The number of aromatic nitrogens is 1. The van der Waals surface area contributed by atoms with Crippen LogP contribution in [-0.2, 0) is 11.3 Å². The molecule has 0 unspecified atom stereocenters. The Morgan fingerprint density at radius 3 is 2.89 bits per heavy atom. The van der Waals surface area contributed by atoms with E-state index in [0.717, 1.165) is 26.2 Å². The van der Waals surface area contributed by atoms with E-state index in [0.29, 0.717) is 6.04 Å². The number of aryl methyl sites for hydroxylation is 1. The highest BCUT2D eigenvalue weighted by atomic mass is 32.1. The van der Waals surface area contributed by atoms with Crippen molar-refractivity contribution in [2.24, 2.45) is 0 Å². The lowest BCUT2D eigenvalue weighted by atomic mass is 10.4. The van der Waals surface area contributed by atoms with Crippen LogP contribution in [0.1, 0.15) is 30.3 Å². The molecular formula is C13H23N3OS. The Hall–Kier alpha value is -0.650. The molecule has 18 heavy (non-hydrogen) atoms. The largest absolute Gasteiger partial charge is 0.383 e. The van der Waals surface area contributed by atoms with Crippen LogP contribution in [-0.4, -0.2) is 37.8 Å². The molecule has 1 N–H and O–H groups in total. The molecule has 0 atom stereocenters. The molecule has 0 aromatic carbocycles. The summed E-state index contributed by atoms with van der Waals surface area (Å²) in [7, 11) is 1.76. The molecule has 102 valence electrons. The zero-order valence-electron chi connectivity index (χ0n) is 11.5. The highest BCUT2D eigenvalue weighted by Gasteiger charge is 2.31. The predicted octanol–water partition coefficient (Wildman–Crippen LogP) is 2.18. The molecule has 2 rings (SSSR count). The van der Waals surface area contributed by atoms with E-state index in [-0.39, 0.29) is 0 Å². The Kier molecular flexibility index (Phi) is 4.97. The number of hydrogen-bond acceptors (Lipinski definition) is 5. The molecule has 1 saturated carbocycles. The van der Waals surface area contributed by atoms with Gasteiger partial charge >= 0.3 is 0 Å². The summed E-state index contributed by atoms with van der Waals surface area (Å²) in [5.41, 5.74) is 1.17. The average molecular weight is 269 g/mol. The van der Waals surface area contributed by atoms with E-state index in [1.165, 1.54) is 28.5 Å². The summed E-state index contributed by atoms with van der Waals surface area (Å²) in [6, 6.07) is 0.692. The molecule has 0 amide bonds. The number of nitrogens with one attached hydrogen (secondary N) is 1. The molecule has 1 fully saturated rings. The molecule has 1 heterocycles. The van der Waals surface area contributed by atoms with Crippen molar-refractivity contribution in [3.05, 3.63) is 10.6 Å². The van der Waals surface area contributed by atoms with Crippen LogP contribution in [0.5, 0.6) is 0 Å². The van der Waals surface area contributed by atoms with Crippen LogP contribution in [0.3, 0.4) is 0 Å². The van der Waals surface area contributed by atoms with Gasteiger partial charge in [0, 0.05) is 31.1 Å². The van der Waals surface area contributed by atoms with E-state index in [1.807, 2.05) is 11.3 Å². The van der Waals surface area contributed by atoms with E-state index in [9.17, 15) is 0 Å². The standard InChI is InChI=1S/C13H23N3OS/c1-4-14-9-12-10(2)15-13(18-12)16(7-8-17-3)11-5-6-11/h11,14H,4-9H2,1-3H3. The zero-order chi connectivity index (χ0) is 13.0. The second kappa shape index (κ2) is 6.50. The molecule has 0 aliphatic heterocycles. The minimum absolute atomic E-state index is 0.692. The molecular weight excluding hydrogens is 246 g/mol. The van der Waals surface area contributed by atoms with Gasteiger partial charge < -0.3 is 15.0 Å². The fourth-order valence-corrected chi connectivity index (χ4v) is 3.08. The van der Waals surface area contributed by atoms with Crippen LogP contribution in [0.2, 0.25) is 0 Å². The summed E-state index contributed by atoms with van der Waals surface area (Å²) in [6.07, 6.45) is 2.59. The lowest BCUT2D eigenvalue weighted by molar-refractivity contribution is 0.205. The third-order valence-electron chi connectivity index (χ3n) is 3.19. The second-order valence-electron chi connectivity index (χ2n) is 4.70. The van der Waals surface area contributed by atoms with E-state index in [2.05, 4.69) is 24.1 Å². The molecule has 0 radical (unpaired) electrons. The third kappa shape index (κ3) is 3.43. The molecule has 1 aromatic heterocycles. The van der Waals surface area contributed by atoms with Crippen LogP contribution < -0.4 is 10.2 Å². The Morgan fingerprint density at radius 1 is 1.50 bits per heavy atom. The van der Waals surface area contributed by atoms with Gasteiger partial charge in [-0.3, -0.25) is 0 Å². The van der Waals surface area contributed by atoms with Crippen molar-refractivity contribution in [3.63, 3.8) is 0 Å². The normalized spacial score (nSPS) is 15.1. The maximum Gasteiger partial charge on any atom is 0.186 e. The lowest BCUT2D eigenvalue weighted by Crippen LogP contribution is -2.29. The van der Waals surface area contributed by atoms with Gasteiger partial charge in [0.15, 0.2) is 5.13 Å². The molecule has 5 heteroatoms. The first-order valence-corrected chi connectivity index (χ1v) is 7.50. The average Bonchev–Trinajstić information content (AvgIpc) is 3.12. The monoisotopic (exact) mass is 269 g/mol. The second-order valence-corrected chi connectivity index (χ2v) is 5.76. The molecule has 1 aliphatic carbocycles. The van der Waals surface area contributed by atoms with Gasteiger partial charge in [-0.2, -0.15) is 0 Å². The van der Waals surface area contributed by atoms with Crippen molar-refractivity contribution in [1.82, 2.24) is 10.3 Å². The van der Waals surface area contributed by atoms with Crippen molar-refractivity contribution < 1.29 is 4.74 Å². The van der Waals surface area contributed by atoms with Gasteiger partial charge in [-0.15, -0.1) is 11.3 Å². The number of hydrogen-bond donors (Lipinski definition) is 1. The van der Waals surface area contributed by atoms with E-state index < -0.39 is 0 Å². The van der Waals surface area contributed by atoms with Crippen molar-refractivity contribution >= 4 is 16.5 Å². The maximum atomic E-state index is 5.20. The minimum Gasteiger partial charge on any atom is -0.383 e. The summed E-state index contributed by atoms with van der Waals surface area (Å²) < 4.78 is 5.20. The molecule has 1 aliphatic rings. The van der Waals surface area contributed by atoms with Gasteiger partial charge in [-0.05, 0) is 26.3 Å². The fraction of sp³-hybridized carbons (Fsp3) is 0.769. The molecule has 4 nitrogen and oxygen atoms in total. The van der Waals surface area contributed by atoms with Crippen molar-refractivity contribution in [3.8, 4) is 0 Å². The SMILES string of the molecule is CCNCc1sc(N(CCOC)C2CC2)nc1C. The van der Waals surface area contributed by atoms with Crippen molar-refractivity contribution in [2.75, 3.05) is 31.7 Å². The first-order chi connectivity index (χ1) is 8.76. The van der Waals surface area contributed by atoms with Crippen LogP contribution >= 0.6 is 11.3 Å². The highest BCUT2D eigenvalue weighted by molar-refractivity contribution is 7.15.